The molecule has 3 aromatic rings. The van der Waals surface area contributed by atoms with Crippen LogP contribution >= 0.6 is 0 Å². The highest BCUT2D eigenvalue weighted by Gasteiger charge is 2.52. The maximum atomic E-state index is 13.1. The van der Waals surface area contributed by atoms with Gasteiger partial charge < -0.3 is 15.0 Å². The minimum atomic E-state index is -0.193. The summed E-state index contributed by atoms with van der Waals surface area (Å²) in [7, 11) is 2.22. The average molecular weight is 494 g/mol. The Kier molecular flexibility index (Phi) is 5.00. The first-order valence-corrected chi connectivity index (χ1v) is 13.6. The van der Waals surface area contributed by atoms with E-state index >= 15 is 0 Å². The van der Waals surface area contributed by atoms with E-state index in [4.69, 9.17) is 4.74 Å². The van der Waals surface area contributed by atoms with E-state index in [0.29, 0.717) is 12.8 Å². The monoisotopic (exact) mass is 493 g/mol. The van der Waals surface area contributed by atoms with Crippen molar-refractivity contribution in [1.82, 2.24) is 9.80 Å². The molecule has 4 aliphatic rings. The van der Waals surface area contributed by atoms with Crippen molar-refractivity contribution in [1.29, 1.82) is 0 Å². The molecule has 1 aliphatic carbocycles. The lowest BCUT2D eigenvalue weighted by Gasteiger charge is -2.29. The predicted molar refractivity (Wildman–Crippen MR) is 147 cm³/mol. The number of carbonyl (C=O) groups is 1. The van der Waals surface area contributed by atoms with Gasteiger partial charge >= 0.3 is 6.09 Å². The molecule has 1 amide bonds. The molecule has 0 aromatic heterocycles. The summed E-state index contributed by atoms with van der Waals surface area (Å²) in [5, 5.41) is 3.76. The topological polar surface area (TPSA) is 44.8 Å². The lowest BCUT2D eigenvalue weighted by atomic mass is 9.79. The molecule has 3 heterocycles. The van der Waals surface area contributed by atoms with Crippen LogP contribution in [0.15, 0.2) is 66.7 Å². The molecule has 7 rings (SSSR count). The third-order valence-electron chi connectivity index (χ3n) is 9.85. The number of nitrogens with one attached hydrogen (secondary N) is 1. The smallest absolute Gasteiger partial charge is 0.410 e. The van der Waals surface area contributed by atoms with Crippen LogP contribution in [0.5, 0.6) is 0 Å². The Bertz CT molecular complexity index is 1390. The first-order chi connectivity index (χ1) is 17.9. The van der Waals surface area contributed by atoms with Gasteiger partial charge in [-0.1, -0.05) is 68.4 Å². The van der Waals surface area contributed by atoms with Crippen molar-refractivity contribution >= 4 is 11.8 Å². The van der Waals surface area contributed by atoms with Crippen LogP contribution in [0.4, 0.5) is 10.5 Å². The zero-order chi connectivity index (χ0) is 25.4. The van der Waals surface area contributed by atoms with Crippen LogP contribution in [-0.2, 0) is 28.6 Å². The number of likely N-dealkylation sites (tertiary alicyclic amines) is 2. The summed E-state index contributed by atoms with van der Waals surface area (Å²) in [5.41, 5.74) is 9.16. The van der Waals surface area contributed by atoms with E-state index in [1.807, 2.05) is 35.2 Å². The molecule has 1 N–H and O–H groups in total. The van der Waals surface area contributed by atoms with Gasteiger partial charge in [-0.25, -0.2) is 4.79 Å². The van der Waals surface area contributed by atoms with Gasteiger partial charge in [-0.15, -0.1) is 0 Å². The highest BCUT2D eigenvalue weighted by molar-refractivity contribution is 5.75. The molecule has 3 aromatic carbocycles. The van der Waals surface area contributed by atoms with Crippen LogP contribution in [0.2, 0.25) is 0 Å². The number of hydrogen-bond acceptors (Lipinski definition) is 4. The van der Waals surface area contributed by atoms with Crippen molar-refractivity contribution < 1.29 is 9.53 Å². The summed E-state index contributed by atoms with van der Waals surface area (Å²) >= 11 is 0. The van der Waals surface area contributed by atoms with Crippen LogP contribution in [0.1, 0.15) is 48.9 Å². The molecular formula is C32H35N3O2. The van der Waals surface area contributed by atoms with Crippen molar-refractivity contribution in [2.24, 2.45) is 0 Å². The van der Waals surface area contributed by atoms with Gasteiger partial charge in [0.05, 0.1) is 6.17 Å². The summed E-state index contributed by atoms with van der Waals surface area (Å²) in [6, 6.07) is 24.0. The van der Waals surface area contributed by atoms with Gasteiger partial charge in [0.2, 0.25) is 0 Å². The fraction of sp³-hybridized carbons (Fsp3) is 0.406. The van der Waals surface area contributed by atoms with E-state index in [2.05, 4.69) is 67.5 Å². The summed E-state index contributed by atoms with van der Waals surface area (Å²) in [6.45, 7) is 6.93. The SMILES string of the molecule is CN1CC[C@]2(C)c3cc(-c4ccc5c(c4)[C@@]4(C)CCN(C(=O)OCc6ccccc6)[C@H]4C5)ccc3N[C@H]12. The zero-order valence-electron chi connectivity index (χ0n) is 22.0. The van der Waals surface area contributed by atoms with E-state index in [1.54, 1.807) is 0 Å². The molecule has 0 radical (unpaired) electrons. The van der Waals surface area contributed by atoms with Gasteiger partial charge in [-0.05, 0) is 71.8 Å². The number of nitrogens with zero attached hydrogens (tertiary/aromatic N) is 2. The fourth-order valence-electron chi connectivity index (χ4n) is 7.55. The molecule has 0 bridgehead atoms. The molecular weight excluding hydrogens is 458 g/mol. The van der Waals surface area contributed by atoms with Crippen LogP contribution < -0.4 is 5.32 Å². The molecule has 190 valence electrons. The van der Waals surface area contributed by atoms with Crippen molar-refractivity contribution in [3.05, 3.63) is 89.0 Å². The Hall–Kier alpha value is -3.31. The molecule has 37 heavy (non-hydrogen) atoms. The molecule has 4 atom stereocenters. The van der Waals surface area contributed by atoms with Crippen LogP contribution in [0.25, 0.3) is 11.1 Å². The van der Waals surface area contributed by atoms with Crippen molar-refractivity contribution in [3.8, 4) is 11.1 Å². The summed E-state index contributed by atoms with van der Waals surface area (Å²) in [4.78, 5) is 17.5. The Morgan fingerprint density at radius 3 is 2.49 bits per heavy atom. The molecule has 0 unspecified atom stereocenters. The third kappa shape index (κ3) is 3.36. The first-order valence-electron chi connectivity index (χ1n) is 13.6. The second kappa shape index (κ2) is 8.09. The summed E-state index contributed by atoms with van der Waals surface area (Å²) in [5.74, 6) is 0. The average Bonchev–Trinajstić information content (AvgIpc) is 3.59. The van der Waals surface area contributed by atoms with Crippen molar-refractivity contribution in [2.75, 3.05) is 25.5 Å². The highest BCUT2D eigenvalue weighted by atomic mass is 16.6. The highest BCUT2D eigenvalue weighted by Crippen LogP contribution is 2.51. The molecule has 5 nitrogen and oxygen atoms in total. The van der Waals surface area contributed by atoms with Gasteiger partial charge in [-0.3, -0.25) is 4.90 Å². The zero-order valence-corrected chi connectivity index (χ0v) is 22.0. The molecule has 5 heteroatoms. The fourth-order valence-corrected chi connectivity index (χ4v) is 7.55. The van der Waals surface area contributed by atoms with E-state index in [0.717, 1.165) is 31.5 Å². The Balaban J connectivity index is 1.14. The lowest BCUT2D eigenvalue weighted by molar-refractivity contribution is 0.0886. The van der Waals surface area contributed by atoms with E-state index in [-0.39, 0.29) is 23.0 Å². The minimum Gasteiger partial charge on any atom is -0.445 e. The van der Waals surface area contributed by atoms with Crippen LogP contribution in [-0.4, -0.2) is 48.2 Å². The summed E-state index contributed by atoms with van der Waals surface area (Å²) in [6.07, 6.45) is 3.23. The maximum Gasteiger partial charge on any atom is 0.410 e. The number of anilines is 1. The van der Waals surface area contributed by atoms with Gasteiger partial charge in [0.25, 0.3) is 0 Å². The predicted octanol–water partition coefficient (Wildman–Crippen LogP) is 5.92. The van der Waals surface area contributed by atoms with E-state index < -0.39 is 0 Å². The second-order valence-corrected chi connectivity index (χ2v) is 11.9. The number of rotatable bonds is 3. The molecule has 2 saturated heterocycles. The third-order valence-corrected chi connectivity index (χ3v) is 9.85. The Labute approximate surface area is 219 Å². The molecule has 0 spiro atoms. The maximum absolute atomic E-state index is 13.1. The van der Waals surface area contributed by atoms with Crippen molar-refractivity contribution in [2.45, 2.75) is 62.8 Å². The number of amides is 1. The van der Waals surface area contributed by atoms with Gasteiger partial charge in [0.1, 0.15) is 6.61 Å². The van der Waals surface area contributed by atoms with E-state index in [1.165, 1.54) is 39.9 Å². The first kappa shape index (κ1) is 22.9. The number of hydrogen-bond donors (Lipinski definition) is 1. The second-order valence-electron chi connectivity index (χ2n) is 11.9. The number of ether oxygens (including phenoxy) is 1. The van der Waals surface area contributed by atoms with Gasteiger partial charge in [0.15, 0.2) is 0 Å². The number of carbonyl (C=O) groups excluding carboxylic acids is 1. The molecule has 0 saturated carbocycles. The normalized spacial score (nSPS) is 29.4. The van der Waals surface area contributed by atoms with Crippen molar-refractivity contribution in [3.63, 3.8) is 0 Å². The molecule has 3 aliphatic heterocycles. The largest absolute Gasteiger partial charge is 0.445 e. The van der Waals surface area contributed by atoms with Crippen LogP contribution in [0, 0.1) is 0 Å². The number of likely N-dealkylation sites (N-methyl/N-ethyl adjacent to an activating group) is 1. The Morgan fingerprint density at radius 1 is 0.946 bits per heavy atom. The van der Waals surface area contributed by atoms with Crippen LogP contribution in [0.3, 0.4) is 0 Å². The van der Waals surface area contributed by atoms with Gasteiger partial charge in [-0.2, -0.15) is 0 Å². The standard InChI is InChI=1S/C32H35N3O2/c1-31-14-16-35(30(36)37-20-21-7-5-4-6-8-21)28(31)19-24-10-9-22(17-25(24)31)23-11-12-27-26(18-23)32(2)13-15-34(3)29(32)33-27/h4-12,17-18,28-29,33H,13-16,19-20H2,1-3H3/t28-,29+,31+,32+/m0/s1. The quantitative estimate of drug-likeness (QED) is 0.492. The lowest BCUT2D eigenvalue weighted by Crippen LogP contribution is -2.41. The number of benzene rings is 3. The molecule has 2 fully saturated rings. The van der Waals surface area contributed by atoms with Gasteiger partial charge in [0, 0.05) is 35.6 Å². The van der Waals surface area contributed by atoms with E-state index in [9.17, 15) is 4.79 Å². The Morgan fingerprint density at radius 2 is 1.68 bits per heavy atom. The summed E-state index contributed by atoms with van der Waals surface area (Å²) < 4.78 is 5.73. The minimum absolute atomic E-state index is 0.0410. The number of fused-ring (bicyclic) bond motifs is 6.